The fourth-order valence-electron chi connectivity index (χ4n) is 1.65. The van der Waals surface area contributed by atoms with Crippen LogP contribution in [0.5, 0.6) is 0 Å². The van der Waals surface area contributed by atoms with E-state index in [0.717, 1.165) is 4.88 Å². The Kier molecular flexibility index (Phi) is 7.03. The van der Waals surface area contributed by atoms with Crippen molar-refractivity contribution in [3.8, 4) is 0 Å². The highest BCUT2D eigenvalue weighted by Gasteiger charge is 2.19. The number of methoxy groups -OCH3 is 1. The molecule has 1 aromatic rings. The van der Waals surface area contributed by atoms with Crippen molar-refractivity contribution in [2.45, 2.75) is 32.4 Å². The quantitative estimate of drug-likeness (QED) is 0.638. The third kappa shape index (κ3) is 6.03. The number of hydrogen-bond donors (Lipinski definition) is 3. The van der Waals surface area contributed by atoms with Gasteiger partial charge < -0.3 is 20.5 Å². The van der Waals surface area contributed by atoms with Crippen molar-refractivity contribution in [3.63, 3.8) is 0 Å². The fourth-order valence-corrected chi connectivity index (χ4v) is 2.48. The molecule has 20 heavy (non-hydrogen) atoms. The van der Waals surface area contributed by atoms with Crippen LogP contribution in [0, 0.1) is 6.92 Å². The predicted octanol–water partition coefficient (Wildman–Crippen LogP) is 1.74. The van der Waals surface area contributed by atoms with Gasteiger partial charge in [0, 0.05) is 23.5 Å². The zero-order valence-corrected chi connectivity index (χ0v) is 12.5. The van der Waals surface area contributed by atoms with Gasteiger partial charge in [-0.1, -0.05) is 0 Å². The van der Waals surface area contributed by atoms with E-state index in [0.29, 0.717) is 26.0 Å². The molecule has 0 aliphatic carbocycles. The summed E-state index contributed by atoms with van der Waals surface area (Å²) in [5, 5.41) is 14.1. The van der Waals surface area contributed by atoms with E-state index in [-0.39, 0.29) is 0 Å². The molecular formula is C13H20N2O4S. The Labute approximate surface area is 122 Å². The van der Waals surface area contributed by atoms with Gasteiger partial charge in [-0.2, -0.15) is 0 Å². The molecule has 6 nitrogen and oxygen atoms in total. The Hall–Kier alpha value is -1.60. The molecule has 1 aromatic heterocycles. The largest absolute Gasteiger partial charge is 0.480 e. The number of aryl methyl sites for hydroxylation is 1. The number of carbonyl (C=O) groups is 2. The van der Waals surface area contributed by atoms with Gasteiger partial charge in [0.1, 0.15) is 6.04 Å². The Balaban J connectivity index is 2.35. The van der Waals surface area contributed by atoms with Crippen LogP contribution < -0.4 is 10.6 Å². The molecule has 0 aliphatic rings. The molecule has 0 saturated carbocycles. The molecule has 0 spiro atoms. The van der Waals surface area contributed by atoms with E-state index >= 15 is 0 Å². The lowest BCUT2D eigenvalue weighted by Crippen LogP contribution is -2.45. The number of carboxylic acid groups (broad SMARTS) is 1. The van der Waals surface area contributed by atoms with Gasteiger partial charge in [0.2, 0.25) is 0 Å². The van der Waals surface area contributed by atoms with E-state index in [2.05, 4.69) is 10.6 Å². The van der Waals surface area contributed by atoms with Gasteiger partial charge >= 0.3 is 12.0 Å². The molecule has 1 rings (SSSR count). The van der Waals surface area contributed by atoms with E-state index in [9.17, 15) is 9.59 Å². The number of hydrogen-bond acceptors (Lipinski definition) is 4. The third-order valence-electron chi connectivity index (χ3n) is 2.66. The second-order valence-electron chi connectivity index (χ2n) is 4.37. The molecule has 0 aromatic carbocycles. The van der Waals surface area contributed by atoms with Crippen LogP contribution in [0.4, 0.5) is 4.79 Å². The number of thiophene rings is 1. The Morgan fingerprint density at radius 2 is 2.20 bits per heavy atom. The highest BCUT2D eigenvalue weighted by atomic mass is 32.1. The minimum atomic E-state index is -1.04. The number of rotatable bonds is 8. The molecule has 1 unspecified atom stereocenters. The molecule has 2 amide bonds. The van der Waals surface area contributed by atoms with Gasteiger partial charge in [-0.25, -0.2) is 9.59 Å². The number of nitrogens with one attached hydrogen (secondary N) is 2. The van der Waals surface area contributed by atoms with Crippen LogP contribution in [0.15, 0.2) is 12.1 Å². The maximum atomic E-state index is 11.7. The molecule has 1 atom stereocenters. The first-order valence-corrected chi connectivity index (χ1v) is 7.16. The van der Waals surface area contributed by atoms with E-state index in [1.807, 2.05) is 19.1 Å². The average molecular weight is 300 g/mol. The van der Waals surface area contributed by atoms with E-state index in [4.69, 9.17) is 9.84 Å². The van der Waals surface area contributed by atoms with Crippen molar-refractivity contribution >= 4 is 23.3 Å². The number of carboxylic acids is 1. The molecule has 3 N–H and O–H groups in total. The molecule has 1 heterocycles. The Bertz CT molecular complexity index is 447. The van der Waals surface area contributed by atoms with Crippen LogP contribution in [0.2, 0.25) is 0 Å². The van der Waals surface area contributed by atoms with Crippen LogP contribution in [0.3, 0.4) is 0 Å². The molecule has 0 fully saturated rings. The topological polar surface area (TPSA) is 87.7 Å². The number of ether oxygens (including phenoxy) is 1. The van der Waals surface area contributed by atoms with Crippen LogP contribution in [0.25, 0.3) is 0 Å². The second kappa shape index (κ2) is 8.55. The lowest BCUT2D eigenvalue weighted by Gasteiger charge is -2.14. The summed E-state index contributed by atoms with van der Waals surface area (Å²) in [5.41, 5.74) is 0. The lowest BCUT2D eigenvalue weighted by molar-refractivity contribution is -0.139. The Morgan fingerprint density at radius 3 is 2.75 bits per heavy atom. The minimum Gasteiger partial charge on any atom is -0.480 e. The van der Waals surface area contributed by atoms with E-state index in [1.165, 1.54) is 4.88 Å². The molecule has 7 heteroatoms. The number of carbonyl (C=O) groups excluding carboxylic acids is 1. The van der Waals surface area contributed by atoms with Gasteiger partial charge in [0.15, 0.2) is 0 Å². The van der Waals surface area contributed by atoms with Gasteiger partial charge in [-0.05, 0) is 31.9 Å². The normalized spacial score (nSPS) is 11.9. The first-order chi connectivity index (χ1) is 9.52. The third-order valence-corrected chi connectivity index (χ3v) is 3.66. The van der Waals surface area contributed by atoms with Crippen molar-refractivity contribution in [1.29, 1.82) is 0 Å². The fraction of sp³-hybridized carbons (Fsp3) is 0.538. The maximum Gasteiger partial charge on any atom is 0.326 e. The average Bonchev–Trinajstić information content (AvgIpc) is 2.81. The number of urea groups is 1. The Morgan fingerprint density at radius 1 is 1.45 bits per heavy atom. The maximum absolute atomic E-state index is 11.7. The first-order valence-electron chi connectivity index (χ1n) is 6.34. The summed E-state index contributed by atoms with van der Waals surface area (Å²) in [6.45, 7) is 2.86. The van der Waals surface area contributed by atoms with Crippen LogP contribution >= 0.6 is 11.3 Å². The van der Waals surface area contributed by atoms with E-state index < -0.39 is 18.0 Å². The van der Waals surface area contributed by atoms with Crippen molar-refractivity contribution in [2.75, 3.05) is 13.7 Å². The van der Waals surface area contributed by atoms with Crippen LogP contribution in [0.1, 0.15) is 22.6 Å². The number of amides is 2. The van der Waals surface area contributed by atoms with Crippen molar-refractivity contribution < 1.29 is 19.4 Å². The molecule has 0 bridgehead atoms. The smallest absolute Gasteiger partial charge is 0.326 e. The van der Waals surface area contributed by atoms with Gasteiger partial charge in [0.05, 0.1) is 6.54 Å². The predicted molar refractivity (Wildman–Crippen MR) is 77.0 cm³/mol. The summed E-state index contributed by atoms with van der Waals surface area (Å²) in [6.07, 6.45) is 0.923. The zero-order chi connectivity index (χ0) is 15.0. The summed E-state index contributed by atoms with van der Waals surface area (Å²) >= 11 is 1.60. The molecule has 0 radical (unpaired) electrons. The highest BCUT2D eigenvalue weighted by Crippen LogP contribution is 2.14. The van der Waals surface area contributed by atoms with Gasteiger partial charge in [0.25, 0.3) is 0 Å². The van der Waals surface area contributed by atoms with Crippen molar-refractivity contribution in [1.82, 2.24) is 10.6 Å². The summed E-state index contributed by atoms with van der Waals surface area (Å²) in [7, 11) is 1.55. The van der Waals surface area contributed by atoms with Crippen LogP contribution in [-0.4, -0.2) is 36.9 Å². The van der Waals surface area contributed by atoms with Gasteiger partial charge in [-0.3, -0.25) is 0 Å². The minimum absolute atomic E-state index is 0.342. The first kappa shape index (κ1) is 16.5. The molecular weight excluding hydrogens is 280 g/mol. The van der Waals surface area contributed by atoms with Crippen molar-refractivity contribution in [2.24, 2.45) is 0 Å². The summed E-state index contributed by atoms with van der Waals surface area (Å²) in [6, 6.07) is 2.55. The summed E-state index contributed by atoms with van der Waals surface area (Å²) < 4.78 is 4.86. The zero-order valence-electron chi connectivity index (χ0n) is 11.6. The highest BCUT2D eigenvalue weighted by molar-refractivity contribution is 7.11. The van der Waals surface area contributed by atoms with Gasteiger partial charge in [-0.15, -0.1) is 11.3 Å². The van der Waals surface area contributed by atoms with Crippen molar-refractivity contribution in [3.05, 3.63) is 21.9 Å². The monoisotopic (exact) mass is 300 g/mol. The summed E-state index contributed by atoms with van der Waals surface area (Å²) in [4.78, 5) is 24.9. The standard InChI is InChI=1S/C13H20N2O4S/c1-9-5-6-10(20-9)8-14-13(18)15-11(12(16)17)4-3-7-19-2/h5-6,11H,3-4,7-8H2,1-2H3,(H,16,17)(H2,14,15,18). The number of aliphatic carboxylic acids is 1. The SMILES string of the molecule is COCCCC(NC(=O)NCc1ccc(C)s1)C(=O)O. The molecule has 0 aliphatic heterocycles. The van der Waals surface area contributed by atoms with E-state index in [1.54, 1.807) is 18.4 Å². The molecule has 0 saturated heterocycles. The summed E-state index contributed by atoms with van der Waals surface area (Å²) in [5.74, 6) is -1.04. The molecule has 112 valence electrons. The van der Waals surface area contributed by atoms with Crippen LogP contribution in [-0.2, 0) is 16.1 Å². The lowest BCUT2D eigenvalue weighted by atomic mass is 10.1. The second-order valence-corrected chi connectivity index (χ2v) is 5.74.